The standard InChI is InChI=1S/C24H25ClN2O4S/c1-31-22-12-14-23(15-13-22)32(29,30)27(21-11-5-10-20(25)17-21)18-24(28)26-16-6-9-19-7-3-2-4-8-19/h2-5,7-8,10-15,17H,6,9,16,18H2,1H3,(H,26,28). The van der Waals surface area contributed by atoms with Crippen molar-refractivity contribution in [1.82, 2.24) is 5.32 Å². The van der Waals surface area contributed by atoms with Gasteiger partial charge in [-0.1, -0.05) is 48.0 Å². The van der Waals surface area contributed by atoms with Crippen LogP contribution in [0.4, 0.5) is 5.69 Å². The lowest BCUT2D eigenvalue weighted by Gasteiger charge is -2.24. The van der Waals surface area contributed by atoms with Crippen LogP contribution in [0.5, 0.6) is 5.75 Å². The maximum atomic E-state index is 13.4. The number of benzene rings is 3. The van der Waals surface area contributed by atoms with Crippen LogP contribution in [0.1, 0.15) is 12.0 Å². The van der Waals surface area contributed by atoms with Gasteiger partial charge in [-0.25, -0.2) is 8.42 Å². The summed E-state index contributed by atoms with van der Waals surface area (Å²) in [6, 6.07) is 22.4. The molecule has 0 spiro atoms. The predicted molar refractivity (Wildman–Crippen MR) is 127 cm³/mol. The van der Waals surface area contributed by atoms with Crippen LogP contribution in [0.2, 0.25) is 5.02 Å². The van der Waals surface area contributed by atoms with Crippen LogP contribution in [0.25, 0.3) is 0 Å². The first-order valence-electron chi connectivity index (χ1n) is 10.1. The van der Waals surface area contributed by atoms with Gasteiger partial charge in [0.05, 0.1) is 17.7 Å². The van der Waals surface area contributed by atoms with Crippen molar-refractivity contribution in [3.63, 3.8) is 0 Å². The van der Waals surface area contributed by atoms with Crippen molar-refractivity contribution in [3.8, 4) is 5.75 Å². The third-order valence-corrected chi connectivity index (χ3v) is 6.86. The van der Waals surface area contributed by atoms with E-state index < -0.39 is 15.9 Å². The highest BCUT2D eigenvalue weighted by Gasteiger charge is 2.27. The number of rotatable bonds is 10. The Bertz CT molecular complexity index is 1140. The number of nitrogens with one attached hydrogen (secondary N) is 1. The molecule has 0 aliphatic heterocycles. The zero-order valence-electron chi connectivity index (χ0n) is 17.7. The van der Waals surface area contributed by atoms with Crippen LogP contribution < -0.4 is 14.4 Å². The maximum absolute atomic E-state index is 13.4. The zero-order valence-corrected chi connectivity index (χ0v) is 19.3. The molecule has 0 heterocycles. The summed E-state index contributed by atoms with van der Waals surface area (Å²) in [6.07, 6.45) is 1.57. The number of carbonyl (C=O) groups is 1. The molecule has 0 aliphatic rings. The van der Waals surface area contributed by atoms with E-state index in [0.717, 1.165) is 17.1 Å². The summed E-state index contributed by atoms with van der Waals surface area (Å²) in [5, 5.41) is 3.19. The first-order chi connectivity index (χ1) is 15.4. The Labute approximate surface area is 193 Å². The van der Waals surface area contributed by atoms with Crippen molar-refractivity contribution in [3.05, 3.63) is 89.4 Å². The average molecular weight is 473 g/mol. The van der Waals surface area contributed by atoms with E-state index >= 15 is 0 Å². The minimum absolute atomic E-state index is 0.0511. The number of hydrogen-bond acceptors (Lipinski definition) is 4. The van der Waals surface area contributed by atoms with E-state index in [9.17, 15) is 13.2 Å². The largest absolute Gasteiger partial charge is 0.497 e. The molecule has 8 heteroatoms. The number of ether oxygens (including phenoxy) is 1. The molecule has 0 aliphatic carbocycles. The van der Waals surface area contributed by atoms with Gasteiger partial charge in [0.15, 0.2) is 0 Å². The number of methoxy groups -OCH3 is 1. The van der Waals surface area contributed by atoms with E-state index in [0.29, 0.717) is 23.0 Å². The second-order valence-electron chi connectivity index (χ2n) is 7.11. The number of amides is 1. The van der Waals surface area contributed by atoms with E-state index in [4.69, 9.17) is 16.3 Å². The monoisotopic (exact) mass is 472 g/mol. The Kier molecular flexibility index (Phi) is 8.14. The highest BCUT2D eigenvalue weighted by atomic mass is 35.5. The van der Waals surface area contributed by atoms with Gasteiger partial charge in [0.2, 0.25) is 5.91 Å². The van der Waals surface area contributed by atoms with Crippen LogP contribution in [0.3, 0.4) is 0 Å². The van der Waals surface area contributed by atoms with Crippen molar-refractivity contribution in [1.29, 1.82) is 0 Å². The van der Waals surface area contributed by atoms with E-state index in [1.807, 2.05) is 30.3 Å². The normalized spacial score (nSPS) is 11.1. The third-order valence-electron chi connectivity index (χ3n) is 4.84. The molecule has 6 nitrogen and oxygen atoms in total. The van der Waals surface area contributed by atoms with Gasteiger partial charge in [-0.15, -0.1) is 0 Å². The SMILES string of the molecule is COc1ccc(S(=O)(=O)N(CC(=O)NCCCc2ccccc2)c2cccc(Cl)c2)cc1. The fraction of sp³-hybridized carbons (Fsp3) is 0.208. The lowest BCUT2D eigenvalue weighted by molar-refractivity contribution is -0.119. The highest BCUT2D eigenvalue weighted by molar-refractivity contribution is 7.92. The minimum atomic E-state index is -4.01. The molecule has 0 saturated heterocycles. The molecule has 168 valence electrons. The summed E-state index contributed by atoms with van der Waals surface area (Å²) in [5.41, 5.74) is 1.50. The van der Waals surface area contributed by atoms with E-state index in [1.165, 1.54) is 30.9 Å². The summed E-state index contributed by atoms with van der Waals surface area (Å²) in [6.45, 7) is 0.0831. The molecule has 0 unspecified atom stereocenters. The number of carbonyl (C=O) groups excluding carboxylic acids is 1. The minimum Gasteiger partial charge on any atom is -0.497 e. The topological polar surface area (TPSA) is 75.7 Å². The van der Waals surface area contributed by atoms with Crippen LogP contribution in [-0.4, -0.2) is 34.5 Å². The molecule has 0 radical (unpaired) electrons. The van der Waals surface area contributed by atoms with Gasteiger partial charge in [0.25, 0.3) is 10.0 Å². The molecular weight excluding hydrogens is 448 g/mol. The molecule has 3 rings (SSSR count). The molecule has 3 aromatic carbocycles. The second kappa shape index (κ2) is 11.0. The first kappa shape index (κ1) is 23.6. The average Bonchev–Trinajstić information content (AvgIpc) is 2.81. The van der Waals surface area contributed by atoms with Crippen molar-refractivity contribution in [2.45, 2.75) is 17.7 Å². The third kappa shape index (κ3) is 6.24. The fourth-order valence-electron chi connectivity index (χ4n) is 3.17. The number of nitrogens with zero attached hydrogens (tertiary/aromatic N) is 1. The molecular formula is C24H25ClN2O4S. The molecule has 32 heavy (non-hydrogen) atoms. The van der Waals surface area contributed by atoms with Crippen LogP contribution in [0.15, 0.2) is 83.8 Å². The molecule has 0 aromatic heterocycles. The Balaban J connectivity index is 1.73. The lowest BCUT2D eigenvalue weighted by atomic mass is 10.1. The highest BCUT2D eigenvalue weighted by Crippen LogP contribution is 2.27. The molecule has 0 atom stereocenters. The van der Waals surface area contributed by atoms with Crippen LogP contribution in [-0.2, 0) is 21.2 Å². The maximum Gasteiger partial charge on any atom is 0.264 e. The summed E-state index contributed by atoms with van der Waals surface area (Å²) in [5.74, 6) is 0.143. The molecule has 0 bridgehead atoms. The molecule has 3 aromatic rings. The Morgan fingerprint density at radius 2 is 1.72 bits per heavy atom. The lowest BCUT2D eigenvalue weighted by Crippen LogP contribution is -2.41. The van der Waals surface area contributed by atoms with Gasteiger partial charge in [-0.2, -0.15) is 0 Å². The van der Waals surface area contributed by atoms with Crippen molar-refractivity contribution in [2.24, 2.45) is 0 Å². The number of hydrogen-bond donors (Lipinski definition) is 1. The number of halogens is 1. The molecule has 1 amide bonds. The Morgan fingerprint density at radius 1 is 1.00 bits per heavy atom. The van der Waals surface area contributed by atoms with Gasteiger partial charge in [-0.05, 0) is 60.9 Å². The number of sulfonamides is 1. The fourth-order valence-corrected chi connectivity index (χ4v) is 4.77. The Morgan fingerprint density at radius 3 is 2.38 bits per heavy atom. The predicted octanol–water partition coefficient (Wildman–Crippen LogP) is 4.29. The Hall–Kier alpha value is -3.03. The van der Waals surface area contributed by atoms with Crippen molar-refractivity contribution < 1.29 is 17.9 Å². The van der Waals surface area contributed by atoms with E-state index in [-0.39, 0.29) is 11.4 Å². The van der Waals surface area contributed by atoms with E-state index in [1.54, 1.807) is 30.3 Å². The molecule has 1 N–H and O–H groups in total. The number of aryl methyl sites for hydroxylation is 1. The number of anilines is 1. The van der Waals surface area contributed by atoms with E-state index in [2.05, 4.69) is 5.32 Å². The summed E-state index contributed by atoms with van der Waals surface area (Å²) >= 11 is 6.08. The van der Waals surface area contributed by atoms with Gasteiger partial charge in [0.1, 0.15) is 12.3 Å². The smallest absolute Gasteiger partial charge is 0.264 e. The molecule has 0 saturated carbocycles. The summed E-state index contributed by atoms with van der Waals surface area (Å²) < 4.78 is 32.9. The first-order valence-corrected chi connectivity index (χ1v) is 11.9. The van der Waals surface area contributed by atoms with Gasteiger partial charge in [-0.3, -0.25) is 9.10 Å². The van der Waals surface area contributed by atoms with Gasteiger partial charge >= 0.3 is 0 Å². The summed E-state index contributed by atoms with van der Waals surface area (Å²) in [7, 11) is -2.50. The summed E-state index contributed by atoms with van der Waals surface area (Å²) in [4.78, 5) is 12.7. The second-order valence-corrected chi connectivity index (χ2v) is 9.40. The van der Waals surface area contributed by atoms with Crippen LogP contribution in [0, 0.1) is 0 Å². The van der Waals surface area contributed by atoms with Gasteiger partial charge in [0, 0.05) is 11.6 Å². The van der Waals surface area contributed by atoms with Gasteiger partial charge < -0.3 is 10.1 Å². The quantitative estimate of drug-likeness (QED) is 0.446. The molecule has 0 fully saturated rings. The van der Waals surface area contributed by atoms with Crippen LogP contribution >= 0.6 is 11.6 Å². The zero-order chi connectivity index (χ0) is 23.0. The van der Waals surface area contributed by atoms with Crippen molar-refractivity contribution >= 4 is 33.2 Å². The van der Waals surface area contributed by atoms with Crippen molar-refractivity contribution in [2.75, 3.05) is 24.5 Å².